The van der Waals surface area contributed by atoms with Gasteiger partial charge in [-0.15, -0.1) is 0 Å². The predicted octanol–water partition coefficient (Wildman–Crippen LogP) is 4.84. The Morgan fingerprint density at radius 1 is 1.19 bits per heavy atom. The largest absolute Gasteiger partial charge is 0.325 e. The molecule has 0 saturated heterocycles. The van der Waals surface area contributed by atoms with Crippen LogP contribution in [0.15, 0.2) is 52.4 Å². The minimum atomic E-state index is -0.183. The van der Waals surface area contributed by atoms with Gasteiger partial charge in [0.2, 0.25) is 5.91 Å². The monoisotopic (exact) mass is 421 g/mol. The van der Waals surface area contributed by atoms with Crippen molar-refractivity contribution in [1.82, 2.24) is 9.55 Å². The molecule has 1 aromatic heterocycles. The zero-order valence-corrected chi connectivity index (χ0v) is 16.9. The Bertz CT molecular complexity index is 1050. The summed E-state index contributed by atoms with van der Waals surface area (Å²) in [7, 11) is 0. The van der Waals surface area contributed by atoms with Crippen molar-refractivity contribution in [3.05, 3.63) is 62.9 Å². The van der Waals surface area contributed by atoms with E-state index in [1.165, 1.54) is 11.8 Å². The minimum absolute atomic E-state index is 0.0687. The van der Waals surface area contributed by atoms with Crippen molar-refractivity contribution < 1.29 is 4.79 Å². The van der Waals surface area contributed by atoms with Gasteiger partial charge in [0, 0.05) is 18.7 Å². The summed E-state index contributed by atoms with van der Waals surface area (Å²) < 4.78 is 1.62. The molecule has 0 unspecified atom stereocenters. The summed E-state index contributed by atoms with van der Waals surface area (Å²) in [6, 6.07) is 12.3. The number of nitrogens with one attached hydrogen (secondary N) is 1. The van der Waals surface area contributed by atoms with E-state index in [2.05, 4.69) is 10.3 Å². The molecule has 0 aliphatic carbocycles. The van der Waals surface area contributed by atoms with Crippen LogP contribution in [-0.2, 0) is 11.3 Å². The highest BCUT2D eigenvalue weighted by atomic mass is 35.5. The first-order valence-corrected chi connectivity index (χ1v) is 10.1. The van der Waals surface area contributed by atoms with Gasteiger partial charge in [0.25, 0.3) is 5.56 Å². The number of thioether (sulfide) groups is 1. The second-order valence-electron chi connectivity index (χ2n) is 5.71. The average Bonchev–Trinajstić information content (AvgIpc) is 2.66. The fourth-order valence-corrected chi connectivity index (χ4v) is 3.93. The molecule has 27 heavy (non-hydrogen) atoms. The molecule has 2 aromatic carbocycles. The lowest BCUT2D eigenvalue weighted by atomic mass is 10.2. The van der Waals surface area contributed by atoms with Crippen molar-refractivity contribution >= 4 is 57.5 Å². The SMILES string of the molecule is CCn1c(SCCC(=O)Nc2cccc(Cl)c2Cl)nc2ccccc2c1=O. The Labute approximate surface area is 170 Å². The van der Waals surface area contributed by atoms with E-state index < -0.39 is 0 Å². The van der Waals surface area contributed by atoms with Crippen molar-refractivity contribution in [1.29, 1.82) is 0 Å². The number of hydrogen-bond donors (Lipinski definition) is 1. The van der Waals surface area contributed by atoms with Crippen LogP contribution >= 0.6 is 35.0 Å². The maximum Gasteiger partial charge on any atom is 0.262 e. The Morgan fingerprint density at radius 3 is 2.74 bits per heavy atom. The Morgan fingerprint density at radius 2 is 1.96 bits per heavy atom. The molecule has 140 valence electrons. The first kappa shape index (κ1) is 19.7. The van der Waals surface area contributed by atoms with Gasteiger partial charge in [-0.1, -0.05) is 53.2 Å². The third-order valence-electron chi connectivity index (χ3n) is 3.93. The van der Waals surface area contributed by atoms with Gasteiger partial charge in [0.1, 0.15) is 0 Å². The number of rotatable bonds is 6. The van der Waals surface area contributed by atoms with Gasteiger partial charge in [-0.3, -0.25) is 14.2 Å². The summed E-state index contributed by atoms with van der Waals surface area (Å²) >= 11 is 13.4. The van der Waals surface area contributed by atoms with E-state index in [-0.39, 0.29) is 17.9 Å². The fraction of sp³-hybridized carbons (Fsp3) is 0.211. The van der Waals surface area contributed by atoms with Gasteiger partial charge >= 0.3 is 0 Å². The minimum Gasteiger partial charge on any atom is -0.325 e. The maximum atomic E-state index is 12.6. The average molecular weight is 422 g/mol. The highest BCUT2D eigenvalue weighted by Crippen LogP contribution is 2.29. The van der Waals surface area contributed by atoms with E-state index >= 15 is 0 Å². The zero-order valence-electron chi connectivity index (χ0n) is 14.5. The van der Waals surface area contributed by atoms with Crippen LogP contribution in [0, 0.1) is 0 Å². The quantitative estimate of drug-likeness (QED) is 0.456. The highest BCUT2D eigenvalue weighted by molar-refractivity contribution is 7.99. The van der Waals surface area contributed by atoms with Crippen molar-refractivity contribution in [3.63, 3.8) is 0 Å². The summed E-state index contributed by atoms with van der Waals surface area (Å²) in [6.45, 7) is 2.42. The van der Waals surface area contributed by atoms with Crippen LogP contribution < -0.4 is 10.9 Å². The van der Waals surface area contributed by atoms with E-state index in [9.17, 15) is 9.59 Å². The Kier molecular flexibility index (Phi) is 6.42. The van der Waals surface area contributed by atoms with E-state index in [1.807, 2.05) is 25.1 Å². The lowest BCUT2D eigenvalue weighted by Crippen LogP contribution is -2.22. The van der Waals surface area contributed by atoms with E-state index in [1.54, 1.807) is 28.8 Å². The number of carbonyl (C=O) groups excluding carboxylic acids is 1. The van der Waals surface area contributed by atoms with Gasteiger partial charge in [-0.2, -0.15) is 0 Å². The normalized spacial score (nSPS) is 10.9. The summed E-state index contributed by atoms with van der Waals surface area (Å²) in [4.78, 5) is 29.3. The van der Waals surface area contributed by atoms with Crippen molar-refractivity contribution in [3.8, 4) is 0 Å². The van der Waals surface area contributed by atoms with Crippen LogP contribution in [0.4, 0.5) is 5.69 Å². The number of halogens is 2. The van der Waals surface area contributed by atoms with Gasteiger partial charge in [-0.05, 0) is 31.2 Å². The number of hydrogen-bond acceptors (Lipinski definition) is 4. The molecular formula is C19H17Cl2N3O2S. The van der Waals surface area contributed by atoms with Crippen LogP contribution in [0.1, 0.15) is 13.3 Å². The number of fused-ring (bicyclic) bond motifs is 1. The van der Waals surface area contributed by atoms with Gasteiger partial charge < -0.3 is 5.32 Å². The van der Waals surface area contributed by atoms with Gasteiger partial charge in [0.15, 0.2) is 5.16 Å². The molecule has 3 aromatic rings. The molecular weight excluding hydrogens is 405 g/mol. The summed E-state index contributed by atoms with van der Waals surface area (Å²) in [5.74, 6) is 0.298. The van der Waals surface area contributed by atoms with E-state index in [0.29, 0.717) is 44.1 Å². The lowest BCUT2D eigenvalue weighted by molar-refractivity contribution is -0.115. The Hall–Kier alpha value is -2.02. The summed E-state index contributed by atoms with van der Waals surface area (Å²) in [5.41, 5.74) is 1.07. The molecule has 3 rings (SSSR count). The summed E-state index contributed by atoms with van der Waals surface area (Å²) in [5, 5.41) is 4.65. The second kappa shape index (κ2) is 8.78. The lowest BCUT2D eigenvalue weighted by Gasteiger charge is -2.11. The van der Waals surface area contributed by atoms with Crippen molar-refractivity contribution in [2.45, 2.75) is 25.0 Å². The smallest absolute Gasteiger partial charge is 0.262 e. The highest BCUT2D eigenvalue weighted by Gasteiger charge is 2.12. The van der Waals surface area contributed by atoms with Gasteiger partial charge in [-0.25, -0.2) is 4.98 Å². The molecule has 0 bridgehead atoms. The molecule has 1 N–H and O–H groups in total. The molecule has 0 saturated carbocycles. The third-order valence-corrected chi connectivity index (χ3v) is 5.73. The van der Waals surface area contributed by atoms with Crippen LogP contribution in [0.5, 0.6) is 0 Å². The molecule has 0 atom stereocenters. The number of amides is 1. The first-order valence-electron chi connectivity index (χ1n) is 8.37. The summed E-state index contributed by atoms with van der Waals surface area (Å²) in [6.07, 6.45) is 0.250. The standard InChI is InChI=1S/C19H17Cl2N3O2S/c1-2-24-18(26)12-6-3-4-8-14(12)23-19(24)27-11-10-16(25)22-15-9-5-7-13(20)17(15)21/h3-9H,2,10-11H2,1H3,(H,22,25). The molecule has 8 heteroatoms. The molecule has 0 radical (unpaired) electrons. The number of anilines is 1. The molecule has 0 fully saturated rings. The predicted molar refractivity (Wildman–Crippen MR) is 112 cm³/mol. The first-order chi connectivity index (χ1) is 13.0. The van der Waals surface area contributed by atoms with Crippen molar-refractivity contribution in [2.75, 3.05) is 11.1 Å². The Balaban J connectivity index is 1.69. The van der Waals surface area contributed by atoms with Crippen LogP contribution in [0.25, 0.3) is 10.9 Å². The number of para-hydroxylation sites is 1. The van der Waals surface area contributed by atoms with E-state index in [4.69, 9.17) is 23.2 Å². The fourth-order valence-electron chi connectivity index (χ4n) is 2.58. The molecule has 0 aliphatic heterocycles. The zero-order chi connectivity index (χ0) is 19.4. The molecule has 5 nitrogen and oxygen atoms in total. The van der Waals surface area contributed by atoms with Crippen LogP contribution in [0.3, 0.4) is 0 Å². The molecule has 1 amide bonds. The third kappa shape index (κ3) is 4.46. The molecule has 0 aliphatic rings. The maximum absolute atomic E-state index is 12.6. The number of carbonyl (C=O) groups is 1. The molecule has 0 spiro atoms. The topological polar surface area (TPSA) is 64.0 Å². The number of nitrogens with zero attached hydrogens (tertiary/aromatic N) is 2. The van der Waals surface area contributed by atoms with E-state index in [0.717, 1.165) is 0 Å². The van der Waals surface area contributed by atoms with Crippen LogP contribution in [-0.4, -0.2) is 21.2 Å². The number of aromatic nitrogens is 2. The van der Waals surface area contributed by atoms with Gasteiger partial charge in [0.05, 0.1) is 26.6 Å². The number of benzene rings is 2. The van der Waals surface area contributed by atoms with Crippen LogP contribution in [0.2, 0.25) is 10.0 Å². The van der Waals surface area contributed by atoms with Crippen molar-refractivity contribution in [2.24, 2.45) is 0 Å². The molecule has 1 heterocycles. The second-order valence-corrected chi connectivity index (χ2v) is 7.56.